The number of nitrogens with zero attached hydrogens (tertiary/aromatic N) is 1. The van der Waals surface area contributed by atoms with E-state index in [9.17, 15) is 0 Å². The molecule has 1 unspecified atom stereocenters. The largest absolute Gasteiger partial charge is 0.253 e. The number of allylic oxidation sites excluding steroid dienone is 5. The topological polar surface area (TPSA) is 12.4 Å². The minimum absolute atomic E-state index is 0.215. The van der Waals surface area contributed by atoms with Crippen LogP contribution in [0.5, 0.6) is 0 Å². The van der Waals surface area contributed by atoms with E-state index in [0.29, 0.717) is 5.54 Å². The normalized spacial score (nSPS) is 18.8. The van der Waals surface area contributed by atoms with Crippen LogP contribution in [-0.2, 0) is 5.41 Å². The molecule has 2 heteroatoms. The highest BCUT2D eigenvalue weighted by Gasteiger charge is 2.23. The molecule has 0 saturated heterocycles. The molecule has 0 spiro atoms. The molecular formula is C31H37NSi. The molecule has 0 radical (unpaired) electrons. The van der Waals surface area contributed by atoms with E-state index in [1.54, 1.807) is 11.1 Å². The predicted octanol–water partition coefficient (Wildman–Crippen LogP) is 7.49. The summed E-state index contributed by atoms with van der Waals surface area (Å²) in [5.74, 6) is 0. The van der Waals surface area contributed by atoms with Gasteiger partial charge in [0.05, 0.1) is 5.70 Å². The van der Waals surface area contributed by atoms with Crippen LogP contribution in [0.3, 0.4) is 0 Å². The van der Waals surface area contributed by atoms with E-state index < -0.39 is 0 Å². The smallest absolute Gasteiger partial charge is 0.0711 e. The van der Waals surface area contributed by atoms with Crippen molar-refractivity contribution in [3.05, 3.63) is 99.3 Å². The summed E-state index contributed by atoms with van der Waals surface area (Å²) in [5.41, 5.74) is 16.0. The van der Waals surface area contributed by atoms with Gasteiger partial charge < -0.3 is 0 Å². The summed E-state index contributed by atoms with van der Waals surface area (Å²) in [5, 5.41) is 0. The Hall–Kier alpha value is -2.71. The molecule has 1 nitrogen and oxygen atoms in total. The maximum Gasteiger partial charge on any atom is 0.0711 e. The Morgan fingerprint density at radius 3 is 2.24 bits per heavy atom. The van der Waals surface area contributed by atoms with Gasteiger partial charge in [0.1, 0.15) is 0 Å². The van der Waals surface area contributed by atoms with Gasteiger partial charge in [-0.15, -0.1) is 0 Å². The summed E-state index contributed by atoms with van der Waals surface area (Å²) < 4.78 is 0. The van der Waals surface area contributed by atoms with Gasteiger partial charge in [-0.1, -0.05) is 87.9 Å². The minimum atomic E-state index is 0.215. The van der Waals surface area contributed by atoms with Crippen molar-refractivity contribution in [1.29, 1.82) is 0 Å². The van der Waals surface area contributed by atoms with Gasteiger partial charge in [0, 0.05) is 21.5 Å². The zero-order chi connectivity index (χ0) is 23.9. The maximum atomic E-state index is 4.43. The standard InChI is InChI=1S/C21H26Si.C10H11N/c1-5-14-13-19-17(7-6-8-18(19)20(14)22)15-9-11-16(12-10-15)21(2,3)4;1-6-4-5-9-10(6)7(2)8(3)11-9/h6-13,20H,5H2,1-4,22H3;4-5H,1-3H3. The molecule has 2 aromatic rings. The molecule has 2 aromatic carbocycles. The van der Waals surface area contributed by atoms with Crippen molar-refractivity contribution < 1.29 is 0 Å². The summed E-state index contributed by atoms with van der Waals surface area (Å²) in [6.45, 7) is 15.4. The number of fused-ring (bicyclic) bond motifs is 2. The number of hydrogen-bond acceptors (Lipinski definition) is 1. The van der Waals surface area contributed by atoms with E-state index in [1.807, 2.05) is 0 Å². The number of rotatable bonds is 2. The molecule has 0 amide bonds. The molecule has 0 bridgehead atoms. The molecule has 33 heavy (non-hydrogen) atoms. The SMILES string of the molecule is CC1=CC=C2N=C(C)C(C)=C12.CCC1=Cc2c(-c3ccc(C(C)(C)C)cc3)cccc2C1[SiH3]. The van der Waals surface area contributed by atoms with E-state index in [2.05, 4.69) is 114 Å². The first-order valence-corrected chi connectivity index (χ1v) is 13.4. The first-order chi connectivity index (χ1) is 15.6. The molecule has 0 N–H and O–H groups in total. The van der Waals surface area contributed by atoms with Gasteiger partial charge in [0.25, 0.3) is 0 Å². The molecular weight excluding hydrogens is 414 g/mol. The summed E-state index contributed by atoms with van der Waals surface area (Å²) in [4.78, 5) is 4.43. The van der Waals surface area contributed by atoms with Crippen LogP contribution < -0.4 is 0 Å². The Morgan fingerprint density at radius 2 is 1.64 bits per heavy atom. The first-order valence-electron chi connectivity index (χ1n) is 12.2. The monoisotopic (exact) mass is 451 g/mol. The van der Waals surface area contributed by atoms with Gasteiger partial charge in [-0.3, -0.25) is 4.99 Å². The van der Waals surface area contributed by atoms with E-state index in [1.165, 1.54) is 61.3 Å². The summed E-state index contributed by atoms with van der Waals surface area (Å²) in [7, 11) is 1.21. The van der Waals surface area contributed by atoms with Crippen LogP contribution in [0.25, 0.3) is 17.2 Å². The molecule has 3 aliphatic rings. The second-order valence-electron chi connectivity index (χ2n) is 10.5. The lowest BCUT2D eigenvalue weighted by Crippen LogP contribution is -2.10. The lowest BCUT2D eigenvalue weighted by Gasteiger charge is -2.19. The average molecular weight is 452 g/mol. The van der Waals surface area contributed by atoms with Crippen LogP contribution >= 0.6 is 0 Å². The average Bonchev–Trinajstić information content (AvgIpc) is 3.41. The number of hydrogen-bond donors (Lipinski definition) is 0. The summed E-state index contributed by atoms with van der Waals surface area (Å²) in [6, 6.07) is 16.0. The highest BCUT2D eigenvalue weighted by atomic mass is 28.1. The van der Waals surface area contributed by atoms with Crippen LogP contribution in [0.1, 0.15) is 77.1 Å². The molecule has 2 aliphatic carbocycles. The second-order valence-corrected chi connectivity index (χ2v) is 11.7. The predicted molar refractivity (Wildman–Crippen MR) is 149 cm³/mol. The minimum Gasteiger partial charge on any atom is -0.253 e. The maximum absolute atomic E-state index is 4.43. The van der Waals surface area contributed by atoms with Gasteiger partial charge in [-0.05, 0) is 83.2 Å². The number of benzene rings is 2. The third kappa shape index (κ3) is 4.41. The van der Waals surface area contributed by atoms with Crippen LogP contribution in [0.15, 0.2) is 87.6 Å². The highest BCUT2D eigenvalue weighted by molar-refractivity contribution is 6.16. The Bertz CT molecular complexity index is 1240. The summed E-state index contributed by atoms with van der Waals surface area (Å²) in [6.07, 6.45) is 7.83. The Labute approximate surface area is 203 Å². The van der Waals surface area contributed by atoms with Crippen molar-refractivity contribution >= 4 is 22.0 Å². The van der Waals surface area contributed by atoms with Crippen LogP contribution in [-0.4, -0.2) is 16.0 Å². The fourth-order valence-corrected chi connectivity index (χ4v) is 6.12. The van der Waals surface area contributed by atoms with Crippen LogP contribution in [0.2, 0.25) is 0 Å². The fourth-order valence-electron chi connectivity index (χ4n) is 5.04. The quantitative estimate of drug-likeness (QED) is 0.420. The molecule has 0 saturated carbocycles. The highest BCUT2D eigenvalue weighted by Crippen LogP contribution is 2.41. The Kier molecular flexibility index (Phi) is 6.33. The van der Waals surface area contributed by atoms with Gasteiger partial charge in [-0.2, -0.15) is 0 Å². The Balaban J connectivity index is 0.000000196. The van der Waals surface area contributed by atoms with Crippen molar-refractivity contribution in [2.24, 2.45) is 4.99 Å². The van der Waals surface area contributed by atoms with E-state index >= 15 is 0 Å². The lowest BCUT2D eigenvalue weighted by atomic mass is 9.86. The second kappa shape index (κ2) is 8.91. The van der Waals surface area contributed by atoms with Crippen molar-refractivity contribution in [3.8, 4) is 11.1 Å². The molecule has 0 fully saturated rings. The van der Waals surface area contributed by atoms with E-state index in [4.69, 9.17) is 0 Å². The zero-order valence-electron chi connectivity index (χ0n) is 21.5. The zero-order valence-corrected chi connectivity index (χ0v) is 23.5. The lowest BCUT2D eigenvalue weighted by molar-refractivity contribution is 0.590. The Morgan fingerprint density at radius 1 is 0.939 bits per heavy atom. The van der Waals surface area contributed by atoms with Gasteiger partial charge in [-0.25, -0.2) is 0 Å². The van der Waals surface area contributed by atoms with Gasteiger partial charge in [0.2, 0.25) is 0 Å². The van der Waals surface area contributed by atoms with Gasteiger partial charge in [0.15, 0.2) is 0 Å². The molecule has 1 heterocycles. The third-order valence-electron chi connectivity index (χ3n) is 7.31. The van der Waals surface area contributed by atoms with Crippen molar-refractivity contribution in [2.75, 3.05) is 0 Å². The van der Waals surface area contributed by atoms with E-state index in [0.717, 1.165) is 5.70 Å². The van der Waals surface area contributed by atoms with E-state index in [-0.39, 0.29) is 5.41 Å². The van der Waals surface area contributed by atoms with Crippen molar-refractivity contribution in [1.82, 2.24) is 0 Å². The molecule has 1 aliphatic heterocycles. The van der Waals surface area contributed by atoms with Gasteiger partial charge >= 0.3 is 0 Å². The van der Waals surface area contributed by atoms with Crippen molar-refractivity contribution in [3.63, 3.8) is 0 Å². The van der Waals surface area contributed by atoms with Crippen molar-refractivity contribution in [2.45, 2.75) is 65.8 Å². The summed E-state index contributed by atoms with van der Waals surface area (Å²) >= 11 is 0. The molecule has 170 valence electrons. The number of aliphatic imine (C=N–C) groups is 1. The molecule has 0 aromatic heterocycles. The molecule has 1 atom stereocenters. The van der Waals surface area contributed by atoms with Crippen LogP contribution in [0.4, 0.5) is 0 Å². The first kappa shape index (κ1) is 23.4. The third-order valence-corrected chi connectivity index (χ3v) is 8.67. The fraction of sp³-hybridized carbons (Fsp3) is 0.323. The van der Waals surface area contributed by atoms with Crippen LogP contribution in [0, 0.1) is 0 Å². The molecule has 5 rings (SSSR count).